The van der Waals surface area contributed by atoms with Crippen LogP contribution in [0.2, 0.25) is 0 Å². The normalized spacial score (nSPS) is 10.8. The molecule has 1 heterocycles. The number of aromatic nitrogens is 2. The summed E-state index contributed by atoms with van der Waals surface area (Å²) in [6.07, 6.45) is 0. The Bertz CT molecular complexity index is 935. The van der Waals surface area contributed by atoms with Gasteiger partial charge in [0.2, 0.25) is 0 Å². The third kappa shape index (κ3) is 3.73. The highest BCUT2D eigenvalue weighted by atomic mass is 16.5. The summed E-state index contributed by atoms with van der Waals surface area (Å²) in [7, 11) is 1.59. The van der Waals surface area contributed by atoms with Gasteiger partial charge in [-0.05, 0) is 18.2 Å². The number of hydrogen-bond donors (Lipinski definition) is 2. The van der Waals surface area contributed by atoms with E-state index in [1.54, 1.807) is 29.9 Å². The zero-order valence-corrected chi connectivity index (χ0v) is 14.4. The molecule has 0 aliphatic heterocycles. The van der Waals surface area contributed by atoms with Crippen molar-refractivity contribution >= 4 is 28.4 Å². The lowest BCUT2D eigenvalue weighted by atomic mass is 10.1. The molecule has 26 heavy (non-hydrogen) atoms. The minimum absolute atomic E-state index is 0.00542. The molecule has 0 fully saturated rings. The largest absolute Gasteiger partial charge is 0.383 e. The van der Waals surface area contributed by atoms with E-state index in [2.05, 4.69) is 10.3 Å². The third-order valence-electron chi connectivity index (χ3n) is 4.04. The Kier molecular flexibility index (Phi) is 5.28. The second kappa shape index (κ2) is 7.79. The molecule has 0 bridgehead atoms. The molecule has 0 atom stereocenters. The van der Waals surface area contributed by atoms with Crippen LogP contribution in [0.5, 0.6) is 0 Å². The second-order valence-corrected chi connectivity index (χ2v) is 5.79. The van der Waals surface area contributed by atoms with Crippen molar-refractivity contribution in [1.29, 1.82) is 0 Å². The fraction of sp³-hybridized carbons (Fsp3) is 0.211. The summed E-state index contributed by atoms with van der Waals surface area (Å²) < 4.78 is 6.82. The van der Waals surface area contributed by atoms with Gasteiger partial charge >= 0.3 is 0 Å². The zero-order valence-electron chi connectivity index (χ0n) is 14.4. The Morgan fingerprint density at radius 2 is 1.96 bits per heavy atom. The van der Waals surface area contributed by atoms with Gasteiger partial charge in [-0.15, -0.1) is 0 Å². The number of primary amides is 1. The number of methoxy groups -OCH3 is 1. The van der Waals surface area contributed by atoms with E-state index in [0.29, 0.717) is 24.2 Å². The van der Waals surface area contributed by atoms with E-state index < -0.39 is 5.91 Å². The molecule has 7 nitrogen and oxygen atoms in total. The van der Waals surface area contributed by atoms with E-state index in [-0.39, 0.29) is 18.2 Å². The molecular weight excluding hydrogens is 332 g/mol. The number of ketones is 1. The van der Waals surface area contributed by atoms with Gasteiger partial charge < -0.3 is 20.4 Å². The summed E-state index contributed by atoms with van der Waals surface area (Å²) in [5.41, 5.74) is 8.25. The molecule has 0 radical (unpaired) electrons. The van der Waals surface area contributed by atoms with Crippen molar-refractivity contribution in [2.24, 2.45) is 5.73 Å². The van der Waals surface area contributed by atoms with Gasteiger partial charge in [-0.1, -0.05) is 30.3 Å². The molecule has 2 aromatic carbocycles. The van der Waals surface area contributed by atoms with Gasteiger partial charge in [-0.2, -0.15) is 0 Å². The number of carbonyl (C=O) groups excluding carboxylic acids is 2. The minimum atomic E-state index is -0.592. The molecule has 0 saturated carbocycles. The number of anilines is 1. The summed E-state index contributed by atoms with van der Waals surface area (Å²) in [4.78, 5) is 28.2. The lowest BCUT2D eigenvalue weighted by Gasteiger charge is -2.08. The number of nitrogens with zero attached hydrogens (tertiary/aromatic N) is 2. The lowest BCUT2D eigenvalue weighted by Crippen LogP contribution is -2.19. The van der Waals surface area contributed by atoms with Crippen molar-refractivity contribution in [2.75, 3.05) is 25.6 Å². The molecule has 7 heteroatoms. The number of fused-ring (bicyclic) bond motifs is 1. The minimum Gasteiger partial charge on any atom is -0.383 e. The summed E-state index contributed by atoms with van der Waals surface area (Å²) in [5.74, 6) is -0.408. The molecule has 3 aromatic rings. The average Bonchev–Trinajstić information content (AvgIpc) is 3.03. The van der Waals surface area contributed by atoms with Crippen LogP contribution in [0, 0.1) is 0 Å². The third-order valence-corrected chi connectivity index (χ3v) is 4.04. The number of hydrogen-bond acceptors (Lipinski definition) is 5. The Hall–Kier alpha value is -3.19. The topological polar surface area (TPSA) is 99.2 Å². The lowest BCUT2D eigenvalue weighted by molar-refractivity contribution is 0.0981. The highest BCUT2D eigenvalue weighted by molar-refractivity contribution is 5.99. The van der Waals surface area contributed by atoms with Crippen LogP contribution < -0.4 is 11.1 Å². The van der Waals surface area contributed by atoms with Gasteiger partial charge in [0.1, 0.15) is 0 Å². The monoisotopic (exact) mass is 352 g/mol. The van der Waals surface area contributed by atoms with Crippen LogP contribution in [0.3, 0.4) is 0 Å². The summed E-state index contributed by atoms with van der Waals surface area (Å²) in [6, 6.07) is 14.6. The second-order valence-electron chi connectivity index (χ2n) is 5.79. The summed E-state index contributed by atoms with van der Waals surface area (Å²) in [5, 5.41) is 3.10. The van der Waals surface area contributed by atoms with Gasteiger partial charge in [0.15, 0.2) is 11.6 Å². The van der Waals surface area contributed by atoms with Crippen LogP contribution in [0.25, 0.3) is 11.0 Å². The fourth-order valence-electron chi connectivity index (χ4n) is 2.75. The first-order chi connectivity index (χ1) is 12.6. The molecule has 0 aliphatic rings. The first-order valence-corrected chi connectivity index (χ1v) is 8.21. The highest BCUT2D eigenvalue weighted by Gasteiger charge is 2.15. The number of amides is 1. The predicted molar refractivity (Wildman–Crippen MR) is 99.4 cm³/mol. The van der Waals surface area contributed by atoms with Crippen LogP contribution in [-0.2, 0) is 11.3 Å². The van der Waals surface area contributed by atoms with Gasteiger partial charge in [-0.3, -0.25) is 9.59 Å². The van der Waals surface area contributed by atoms with E-state index in [9.17, 15) is 9.59 Å². The van der Waals surface area contributed by atoms with Gasteiger partial charge in [0, 0.05) is 24.9 Å². The number of nitrogens with two attached hydrogens (primary N) is 1. The molecule has 134 valence electrons. The summed E-state index contributed by atoms with van der Waals surface area (Å²) >= 11 is 0. The van der Waals surface area contributed by atoms with Crippen molar-refractivity contribution < 1.29 is 14.3 Å². The molecule has 3 N–H and O–H groups in total. The maximum Gasteiger partial charge on any atom is 0.284 e. The van der Waals surface area contributed by atoms with Crippen molar-refractivity contribution in [2.45, 2.75) is 6.54 Å². The van der Waals surface area contributed by atoms with Gasteiger partial charge in [-0.25, -0.2) is 4.98 Å². The van der Waals surface area contributed by atoms with E-state index >= 15 is 0 Å². The molecule has 3 rings (SSSR count). The van der Waals surface area contributed by atoms with Gasteiger partial charge in [0.05, 0.1) is 24.2 Å². The van der Waals surface area contributed by atoms with Crippen molar-refractivity contribution in [1.82, 2.24) is 9.55 Å². The molecule has 1 aromatic heterocycles. The molecule has 1 amide bonds. The number of carbonyl (C=O) groups is 2. The Morgan fingerprint density at radius 1 is 1.19 bits per heavy atom. The Labute approximate surface area is 150 Å². The fourth-order valence-corrected chi connectivity index (χ4v) is 2.75. The Balaban J connectivity index is 1.80. The number of imidazole rings is 1. The standard InChI is InChI=1S/C19H20N4O3/c1-26-10-9-23-16-8-7-14(11-15(16)22-19(23)18(20)25)21-12-17(24)13-5-3-2-4-6-13/h2-8,11,21H,9-10,12H2,1H3,(H2,20,25). The SMILES string of the molecule is COCCn1c(C(N)=O)nc2cc(NCC(=O)c3ccccc3)ccc21. The maximum absolute atomic E-state index is 12.2. The van der Waals surface area contributed by atoms with Crippen LogP contribution in [-0.4, -0.2) is 41.5 Å². The summed E-state index contributed by atoms with van der Waals surface area (Å²) in [6.45, 7) is 1.09. The van der Waals surface area contributed by atoms with Gasteiger partial charge in [0.25, 0.3) is 5.91 Å². The predicted octanol–water partition coefficient (Wildman–Crippen LogP) is 2.08. The van der Waals surface area contributed by atoms with Crippen molar-refractivity contribution in [3.63, 3.8) is 0 Å². The van der Waals surface area contributed by atoms with Crippen molar-refractivity contribution in [3.05, 3.63) is 59.9 Å². The Morgan fingerprint density at radius 3 is 2.65 bits per heavy atom. The molecule has 0 spiro atoms. The van der Waals surface area contributed by atoms with Crippen molar-refractivity contribution in [3.8, 4) is 0 Å². The number of rotatable bonds is 8. The van der Waals surface area contributed by atoms with Crippen LogP contribution in [0.15, 0.2) is 48.5 Å². The molecule has 0 saturated heterocycles. The average molecular weight is 352 g/mol. The quantitative estimate of drug-likeness (QED) is 0.605. The number of ether oxygens (including phenoxy) is 1. The number of nitrogens with one attached hydrogen (secondary N) is 1. The van der Waals surface area contributed by atoms with E-state index in [4.69, 9.17) is 10.5 Å². The molecule has 0 unspecified atom stereocenters. The smallest absolute Gasteiger partial charge is 0.284 e. The first kappa shape index (κ1) is 17.6. The van der Waals surface area contributed by atoms with E-state index in [0.717, 1.165) is 11.2 Å². The van der Waals surface area contributed by atoms with E-state index in [1.807, 2.05) is 30.3 Å². The maximum atomic E-state index is 12.2. The molecule has 0 aliphatic carbocycles. The van der Waals surface area contributed by atoms with Crippen LogP contribution in [0.4, 0.5) is 5.69 Å². The van der Waals surface area contributed by atoms with E-state index in [1.165, 1.54) is 0 Å². The first-order valence-electron chi connectivity index (χ1n) is 8.21. The van der Waals surface area contributed by atoms with Crippen LogP contribution >= 0.6 is 0 Å². The number of Topliss-reactive ketones (excluding diaryl/α,β-unsaturated/α-hetero) is 1. The van der Waals surface area contributed by atoms with Crippen LogP contribution in [0.1, 0.15) is 21.0 Å². The molecular formula is C19H20N4O3. The highest BCUT2D eigenvalue weighted by Crippen LogP contribution is 2.21. The number of benzene rings is 2. The zero-order chi connectivity index (χ0) is 18.5.